The van der Waals surface area contributed by atoms with Crippen molar-refractivity contribution in [2.75, 3.05) is 6.61 Å². The molecule has 1 aliphatic rings. The lowest BCUT2D eigenvalue weighted by molar-refractivity contribution is -0.00880. The van der Waals surface area contributed by atoms with Crippen LogP contribution in [0.25, 0.3) is 11.2 Å². The van der Waals surface area contributed by atoms with Crippen molar-refractivity contribution in [3.8, 4) is 0 Å². The molecule has 3 rings (SSSR count). The third kappa shape index (κ3) is 2.17. The van der Waals surface area contributed by atoms with Crippen LogP contribution in [0, 0.1) is 0 Å². The molecule has 0 aliphatic carbocycles. The molecule has 11 heteroatoms. The monoisotopic (exact) mass is 315 g/mol. The molecule has 0 bridgehead atoms. The molecule has 1 saturated heterocycles. The van der Waals surface area contributed by atoms with Gasteiger partial charge in [-0.3, -0.25) is 4.79 Å². The number of hydrogen-bond donors (Lipinski definition) is 4. The number of H-pyrrole nitrogens is 1. The summed E-state index contributed by atoms with van der Waals surface area (Å²) in [5.74, 6) is -1.23. The molecule has 21 heavy (non-hydrogen) atoms. The predicted octanol–water partition coefficient (Wildman–Crippen LogP) is -1.85. The normalized spacial score (nSPS) is 30.0. The van der Waals surface area contributed by atoms with Crippen LogP contribution in [0.1, 0.15) is 0 Å². The lowest BCUT2D eigenvalue weighted by Gasteiger charge is -2.09. The Balaban J connectivity index is 1.98. The topological polar surface area (TPSA) is 151 Å². The number of imidazole rings is 1. The summed E-state index contributed by atoms with van der Waals surface area (Å²) in [6.45, 7) is -0.513. The standard InChI is InChI=1S/C10H11N4O6P/c15-1-4-6(16)7(17)10(20-4)21(19)14-3-13-5-8(14)11-2-12-9(5)18/h2-4,6-7,10,15-17H,1H2/p+1/t4-,6-,7-,10?/m1/s1. The predicted molar refractivity (Wildman–Crippen MR) is 68.9 cm³/mol. The molecule has 1 aliphatic heterocycles. The molecule has 3 heterocycles. The quantitative estimate of drug-likeness (QED) is 0.482. The third-order valence-electron chi connectivity index (χ3n) is 3.27. The van der Waals surface area contributed by atoms with E-state index in [1.54, 1.807) is 0 Å². The Morgan fingerprint density at radius 2 is 2.14 bits per heavy atom. The van der Waals surface area contributed by atoms with E-state index in [-0.39, 0.29) is 11.2 Å². The van der Waals surface area contributed by atoms with Crippen LogP contribution in [0.15, 0.2) is 17.4 Å². The van der Waals surface area contributed by atoms with Gasteiger partial charge >= 0.3 is 13.8 Å². The fourth-order valence-corrected chi connectivity index (χ4v) is 3.59. The third-order valence-corrected chi connectivity index (χ3v) is 4.85. The number of aromatic nitrogens is 4. The van der Waals surface area contributed by atoms with Crippen LogP contribution in [0.4, 0.5) is 0 Å². The van der Waals surface area contributed by atoms with Crippen LogP contribution in [0.5, 0.6) is 0 Å². The van der Waals surface area contributed by atoms with Crippen LogP contribution >= 0.6 is 7.95 Å². The van der Waals surface area contributed by atoms with E-state index in [2.05, 4.69) is 15.0 Å². The number of hydrogen-bond acceptors (Lipinski definition) is 8. The van der Waals surface area contributed by atoms with Crippen LogP contribution in [-0.4, -0.2) is 65.4 Å². The van der Waals surface area contributed by atoms with Crippen molar-refractivity contribution in [3.63, 3.8) is 0 Å². The smallest absolute Gasteiger partial charge is 0.394 e. The highest BCUT2D eigenvalue weighted by Gasteiger charge is 2.54. The Morgan fingerprint density at radius 3 is 2.81 bits per heavy atom. The Kier molecular flexibility index (Phi) is 3.56. The number of ether oxygens (including phenoxy) is 1. The van der Waals surface area contributed by atoms with Gasteiger partial charge in [-0.1, -0.05) is 4.34 Å². The van der Waals surface area contributed by atoms with E-state index in [0.717, 1.165) is 17.0 Å². The highest BCUT2D eigenvalue weighted by molar-refractivity contribution is 7.44. The second kappa shape index (κ2) is 5.24. The van der Waals surface area contributed by atoms with Gasteiger partial charge in [0.25, 0.3) is 5.56 Å². The Morgan fingerprint density at radius 1 is 1.38 bits per heavy atom. The number of aromatic amines is 1. The molecule has 1 fully saturated rings. The fraction of sp³-hybridized carbons (Fsp3) is 0.500. The fourth-order valence-electron chi connectivity index (χ4n) is 2.16. The SMILES string of the molecule is O=c1[nH]cnc2c1ncn2[P+](=O)C1O[C@H](CO)[C@@H](O)[C@H]1O. The van der Waals surface area contributed by atoms with Gasteiger partial charge in [0, 0.05) is 0 Å². The largest absolute Gasteiger partial charge is 0.504 e. The molecule has 5 atom stereocenters. The van der Waals surface area contributed by atoms with Crippen LogP contribution in [-0.2, 0) is 9.30 Å². The van der Waals surface area contributed by atoms with E-state index in [1.165, 1.54) is 0 Å². The first-order chi connectivity index (χ1) is 10.0. The lowest BCUT2D eigenvalue weighted by atomic mass is 10.2. The van der Waals surface area contributed by atoms with E-state index in [0.29, 0.717) is 0 Å². The highest BCUT2D eigenvalue weighted by atomic mass is 31.1. The maximum absolute atomic E-state index is 12.5. The molecule has 0 saturated carbocycles. The van der Waals surface area contributed by atoms with E-state index >= 15 is 0 Å². The van der Waals surface area contributed by atoms with Crippen molar-refractivity contribution < 1.29 is 24.6 Å². The Bertz CT molecular complexity index is 744. The van der Waals surface area contributed by atoms with Gasteiger partial charge in [0.05, 0.1) is 12.9 Å². The second-order valence-corrected chi connectivity index (χ2v) is 6.07. The summed E-state index contributed by atoms with van der Waals surface area (Å²) in [6.07, 6.45) is -1.49. The minimum Gasteiger partial charge on any atom is -0.394 e. The van der Waals surface area contributed by atoms with Crippen molar-refractivity contribution in [2.24, 2.45) is 0 Å². The first kappa shape index (κ1) is 14.2. The molecule has 0 aromatic carbocycles. The van der Waals surface area contributed by atoms with Gasteiger partial charge in [-0.25, -0.2) is 9.97 Å². The van der Waals surface area contributed by atoms with Crippen molar-refractivity contribution in [1.82, 2.24) is 19.3 Å². The molecule has 112 valence electrons. The summed E-state index contributed by atoms with van der Waals surface area (Å²) in [6, 6.07) is 0. The Labute approximate surface area is 117 Å². The van der Waals surface area contributed by atoms with Crippen molar-refractivity contribution in [3.05, 3.63) is 23.0 Å². The number of nitrogens with zero attached hydrogens (tertiary/aromatic N) is 3. The number of rotatable bonds is 3. The minimum atomic E-state index is -2.40. The number of aliphatic hydroxyl groups excluding tert-OH is 3. The summed E-state index contributed by atoms with van der Waals surface area (Å²) < 4.78 is 18.8. The first-order valence-electron chi connectivity index (χ1n) is 6.04. The van der Waals surface area contributed by atoms with Gasteiger partial charge in [-0.15, -0.1) is 0 Å². The molecule has 4 N–H and O–H groups in total. The highest BCUT2D eigenvalue weighted by Crippen LogP contribution is 2.40. The molecular formula is C10H12N4O6P+. The number of fused-ring (bicyclic) bond motifs is 1. The van der Waals surface area contributed by atoms with E-state index in [4.69, 9.17) is 9.84 Å². The first-order valence-corrected chi connectivity index (χ1v) is 7.32. The summed E-state index contributed by atoms with van der Waals surface area (Å²) >= 11 is 0. The molecule has 2 unspecified atom stereocenters. The molecule has 2 aromatic rings. The molecule has 10 nitrogen and oxygen atoms in total. The Hall–Kier alpha value is -1.71. The van der Waals surface area contributed by atoms with Gasteiger partial charge in [-0.2, -0.15) is 0 Å². The van der Waals surface area contributed by atoms with Crippen molar-refractivity contribution in [1.29, 1.82) is 0 Å². The molecule has 0 amide bonds. The zero-order valence-corrected chi connectivity index (χ0v) is 11.4. The average Bonchev–Trinajstić information content (AvgIpc) is 3.03. The van der Waals surface area contributed by atoms with Crippen molar-refractivity contribution in [2.45, 2.75) is 24.2 Å². The maximum atomic E-state index is 12.5. The van der Waals surface area contributed by atoms with E-state index in [9.17, 15) is 19.6 Å². The molecular weight excluding hydrogens is 303 g/mol. The maximum Gasteiger partial charge on any atom is 0.504 e. The average molecular weight is 315 g/mol. The number of aliphatic hydroxyl groups is 3. The summed E-state index contributed by atoms with van der Waals surface area (Å²) in [5, 5.41) is 28.6. The summed E-state index contributed by atoms with van der Waals surface area (Å²) in [5.41, 5.74) is -0.395. The number of nitrogens with one attached hydrogen (secondary N) is 1. The second-order valence-electron chi connectivity index (χ2n) is 4.52. The lowest BCUT2D eigenvalue weighted by Crippen LogP contribution is -2.33. The van der Waals surface area contributed by atoms with Gasteiger partial charge in [0.2, 0.25) is 5.65 Å². The van der Waals surface area contributed by atoms with Gasteiger partial charge in [-0.05, 0) is 4.57 Å². The minimum absolute atomic E-state index is 0.00703. The van der Waals surface area contributed by atoms with Crippen LogP contribution in [0.2, 0.25) is 0 Å². The zero-order chi connectivity index (χ0) is 15.1. The van der Waals surface area contributed by atoms with Gasteiger partial charge in [0.15, 0.2) is 11.6 Å². The van der Waals surface area contributed by atoms with E-state index < -0.39 is 44.3 Å². The molecule has 0 radical (unpaired) electrons. The summed E-state index contributed by atoms with van der Waals surface area (Å²) in [7, 11) is -2.40. The van der Waals surface area contributed by atoms with Crippen molar-refractivity contribution >= 4 is 19.1 Å². The van der Waals surface area contributed by atoms with Gasteiger partial charge < -0.3 is 25.0 Å². The zero-order valence-electron chi connectivity index (χ0n) is 10.5. The van der Waals surface area contributed by atoms with Crippen LogP contribution in [0.3, 0.4) is 0 Å². The van der Waals surface area contributed by atoms with Crippen LogP contribution < -0.4 is 5.56 Å². The molecule has 0 spiro atoms. The molecule has 2 aromatic heterocycles. The van der Waals surface area contributed by atoms with E-state index in [1.807, 2.05) is 0 Å². The van der Waals surface area contributed by atoms with Gasteiger partial charge in [0.1, 0.15) is 18.5 Å². The summed E-state index contributed by atoms with van der Waals surface area (Å²) in [4.78, 5) is 21.6.